The lowest BCUT2D eigenvalue weighted by molar-refractivity contribution is 0.0692. The average Bonchev–Trinajstić information content (AvgIpc) is 3.14. The highest BCUT2D eigenvalue weighted by atomic mass is 16.2. The molecule has 4 nitrogen and oxygen atoms in total. The minimum absolute atomic E-state index is 0.0144. The molecule has 4 heteroatoms. The summed E-state index contributed by atoms with van der Waals surface area (Å²) < 4.78 is 0. The van der Waals surface area contributed by atoms with Crippen molar-refractivity contribution < 1.29 is 14.4 Å². The molecule has 4 rings (SSSR count). The average molecular weight is 406 g/mol. The van der Waals surface area contributed by atoms with Gasteiger partial charge in [0.1, 0.15) is 0 Å². The van der Waals surface area contributed by atoms with E-state index in [4.69, 9.17) is 0 Å². The lowest BCUT2D eigenvalue weighted by atomic mass is 9.85. The van der Waals surface area contributed by atoms with Gasteiger partial charge in [0.25, 0.3) is 11.8 Å². The molecule has 0 radical (unpaired) electrons. The summed E-state index contributed by atoms with van der Waals surface area (Å²) in [4.78, 5) is 36.1. The van der Waals surface area contributed by atoms with E-state index in [1.54, 1.807) is 6.07 Å². The molecular formula is C26H31NO3. The smallest absolute Gasteiger partial charge is 0.261 e. The molecule has 1 heterocycles. The molecule has 1 aliphatic carbocycles. The largest absolute Gasteiger partial charge is 0.294 e. The van der Waals surface area contributed by atoms with Crippen LogP contribution in [0.25, 0.3) is 0 Å². The van der Waals surface area contributed by atoms with E-state index in [0.717, 1.165) is 22.4 Å². The number of nitrogens with zero attached hydrogens (tertiary/aromatic N) is 1. The number of hydrogen-bond donors (Lipinski definition) is 0. The summed E-state index contributed by atoms with van der Waals surface area (Å²) in [7, 11) is 1.52. The van der Waals surface area contributed by atoms with Crippen molar-refractivity contribution in [2.24, 2.45) is 0 Å². The van der Waals surface area contributed by atoms with Crippen LogP contribution in [0, 0.1) is 0 Å². The summed E-state index contributed by atoms with van der Waals surface area (Å²) in [6.07, 6.45) is 1.63. The molecule has 0 spiro atoms. The Kier molecular flexibility index (Phi) is 5.48. The van der Waals surface area contributed by atoms with Gasteiger partial charge in [-0.1, -0.05) is 65.8 Å². The number of carbonyl (C=O) groups is 3. The maximum absolute atomic E-state index is 11.8. The van der Waals surface area contributed by atoms with Gasteiger partial charge in [0.2, 0.25) is 0 Å². The predicted octanol–water partition coefficient (Wildman–Crippen LogP) is 5.32. The Balaban J connectivity index is 0.000000172. The van der Waals surface area contributed by atoms with E-state index in [9.17, 15) is 14.4 Å². The highest BCUT2D eigenvalue weighted by Gasteiger charge is 2.33. The van der Waals surface area contributed by atoms with Gasteiger partial charge in [0, 0.05) is 19.0 Å². The topological polar surface area (TPSA) is 54.5 Å². The number of aryl methyl sites for hydroxylation is 1. The van der Waals surface area contributed by atoms with Crippen LogP contribution in [0.5, 0.6) is 0 Å². The molecule has 2 aliphatic rings. The molecular weight excluding hydrogens is 374 g/mol. The number of hydrogen-bond acceptors (Lipinski definition) is 3. The fourth-order valence-corrected chi connectivity index (χ4v) is 3.75. The number of amides is 2. The van der Waals surface area contributed by atoms with Gasteiger partial charge in [-0.3, -0.25) is 19.3 Å². The minimum Gasteiger partial charge on any atom is -0.294 e. The first kappa shape index (κ1) is 21.9. The third kappa shape index (κ3) is 4.09. The first-order valence-corrected chi connectivity index (χ1v) is 10.4. The summed E-state index contributed by atoms with van der Waals surface area (Å²) in [6, 6.07) is 11.8. The van der Waals surface area contributed by atoms with Gasteiger partial charge in [0.15, 0.2) is 5.78 Å². The summed E-state index contributed by atoms with van der Waals surface area (Å²) in [5.74, 6) is -0.105. The predicted molar refractivity (Wildman–Crippen MR) is 119 cm³/mol. The van der Waals surface area contributed by atoms with E-state index in [0.29, 0.717) is 23.3 Å². The Morgan fingerprint density at radius 2 is 1.17 bits per heavy atom. The highest BCUT2D eigenvalue weighted by Crippen LogP contribution is 2.30. The van der Waals surface area contributed by atoms with Crippen LogP contribution in [0.2, 0.25) is 0 Å². The second kappa shape index (κ2) is 7.50. The van der Waals surface area contributed by atoms with E-state index < -0.39 is 0 Å². The summed E-state index contributed by atoms with van der Waals surface area (Å²) in [5, 5.41) is 0. The van der Waals surface area contributed by atoms with Crippen molar-refractivity contribution in [1.29, 1.82) is 0 Å². The molecule has 0 bridgehead atoms. The van der Waals surface area contributed by atoms with Crippen molar-refractivity contribution in [2.75, 3.05) is 7.05 Å². The number of Topliss-reactive ketones (excluding diaryl/α,β-unsaturated/α-hetero) is 1. The molecule has 0 unspecified atom stereocenters. The SMILES string of the molecule is CC(C)(C)c1ccc2c(c1)CCC2=O.CN1C(=O)c2ccc(C(C)(C)C)cc2C1=O. The van der Waals surface area contributed by atoms with Crippen LogP contribution in [0.4, 0.5) is 0 Å². The van der Waals surface area contributed by atoms with Gasteiger partial charge in [0.05, 0.1) is 11.1 Å². The standard InChI is InChI=1S/C13H15NO2.C13H16O/c1-13(2,3)8-5-6-9-10(7-8)12(16)14(4)11(9)15;1-13(2,3)10-5-6-11-9(8-10)4-7-12(11)14/h5-7H,1-4H3;5-6,8H,4,7H2,1-3H3. The molecule has 0 fully saturated rings. The lowest BCUT2D eigenvalue weighted by Crippen LogP contribution is -2.24. The van der Waals surface area contributed by atoms with Crippen LogP contribution in [-0.2, 0) is 17.3 Å². The Morgan fingerprint density at radius 1 is 0.667 bits per heavy atom. The maximum Gasteiger partial charge on any atom is 0.261 e. The van der Waals surface area contributed by atoms with Gasteiger partial charge < -0.3 is 0 Å². The molecule has 2 aromatic rings. The number of fused-ring (bicyclic) bond motifs is 2. The lowest BCUT2D eigenvalue weighted by Gasteiger charge is -2.19. The van der Waals surface area contributed by atoms with Gasteiger partial charge >= 0.3 is 0 Å². The van der Waals surface area contributed by atoms with E-state index in [-0.39, 0.29) is 22.6 Å². The zero-order valence-corrected chi connectivity index (χ0v) is 19.1. The summed E-state index contributed by atoms with van der Waals surface area (Å²) in [5.41, 5.74) is 5.79. The van der Waals surface area contributed by atoms with Crippen LogP contribution < -0.4 is 0 Å². The fourth-order valence-electron chi connectivity index (χ4n) is 3.75. The van der Waals surface area contributed by atoms with Crippen molar-refractivity contribution in [3.8, 4) is 0 Å². The first-order chi connectivity index (χ1) is 13.8. The van der Waals surface area contributed by atoms with E-state index in [2.05, 4.69) is 53.7 Å². The van der Waals surface area contributed by atoms with Crippen molar-refractivity contribution in [3.63, 3.8) is 0 Å². The van der Waals surface area contributed by atoms with Crippen LogP contribution in [0.15, 0.2) is 36.4 Å². The third-order valence-electron chi connectivity index (χ3n) is 5.85. The molecule has 1 aliphatic heterocycles. The van der Waals surface area contributed by atoms with Crippen LogP contribution in [0.1, 0.15) is 95.7 Å². The number of imide groups is 1. The van der Waals surface area contributed by atoms with E-state index >= 15 is 0 Å². The van der Waals surface area contributed by atoms with Gasteiger partial charge in [-0.05, 0) is 46.1 Å². The molecule has 2 aromatic carbocycles. The third-order valence-corrected chi connectivity index (χ3v) is 5.85. The molecule has 0 aromatic heterocycles. The zero-order valence-electron chi connectivity index (χ0n) is 19.1. The number of carbonyl (C=O) groups excluding carboxylic acids is 3. The molecule has 0 N–H and O–H groups in total. The number of ketones is 1. The normalized spacial score (nSPS) is 15.7. The van der Waals surface area contributed by atoms with Gasteiger partial charge in [-0.15, -0.1) is 0 Å². The van der Waals surface area contributed by atoms with Crippen molar-refractivity contribution >= 4 is 17.6 Å². The minimum atomic E-state index is -0.208. The van der Waals surface area contributed by atoms with Crippen LogP contribution in [-0.4, -0.2) is 29.5 Å². The second-order valence-electron chi connectivity index (χ2n) is 10.2. The Labute approximate surface area is 179 Å². The Bertz CT molecular complexity index is 1040. The van der Waals surface area contributed by atoms with Gasteiger partial charge in [-0.25, -0.2) is 0 Å². The molecule has 0 atom stereocenters. The van der Waals surface area contributed by atoms with Crippen LogP contribution in [0.3, 0.4) is 0 Å². The summed E-state index contributed by atoms with van der Waals surface area (Å²) >= 11 is 0. The zero-order chi connectivity index (χ0) is 22.4. The summed E-state index contributed by atoms with van der Waals surface area (Å²) in [6.45, 7) is 12.8. The highest BCUT2D eigenvalue weighted by molar-refractivity contribution is 6.21. The van der Waals surface area contributed by atoms with Crippen molar-refractivity contribution in [2.45, 2.75) is 65.2 Å². The monoisotopic (exact) mass is 405 g/mol. The van der Waals surface area contributed by atoms with Gasteiger partial charge in [-0.2, -0.15) is 0 Å². The first-order valence-electron chi connectivity index (χ1n) is 10.4. The number of rotatable bonds is 0. The van der Waals surface area contributed by atoms with Crippen molar-refractivity contribution in [3.05, 3.63) is 69.8 Å². The second-order valence-corrected chi connectivity index (χ2v) is 10.2. The fraction of sp³-hybridized carbons (Fsp3) is 0.423. The van der Waals surface area contributed by atoms with Crippen molar-refractivity contribution in [1.82, 2.24) is 4.90 Å². The van der Waals surface area contributed by atoms with E-state index in [1.807, 2.05) is 18.2 Å². The quantitative estimate of drug-likeness (QED) is 0.557. The van der Waals surface area contributed by atoms with Crippen LogP contribution >= 0.6 is 0 Å². The number of benzene rings is 2. The Morgan fingerprint density at radius 3 is 1.73 bits per heavy atom. The van der Waals surface area contributed by atoms with E-state index in [1.165, 1.54) is 18.2 Å². The Hall–Kier alpha value is -2.75. The molecule has 2 amide bonds. The molecule has 0 saturated carbocycles. The molecule has 30 heavy (non-hydrogen) atoms. The maximum atomic E-state index is 11.8. The molecule has 158 valence electrons. The molecule has 0 saturated heterocycles.